The fourth-order valence-electron chi connectivity index (χ4n) is 5.60. The molecule has 1 atom stereocenters. The fourth-order valence-corrected chi connectivity index (χ4v) is 6.99. The molecule has 0 radical (unpaired) electrons. The lowest BCUT2D eigenvalue weighted by Crippen LogP contribution is -2.50. The average Bonchev–Trinajstić information content (AvgIpc) is 3.28. The number of thiophene rings is 1. The third kappa shape index (κ3) is 4.99. The van der Waals surface area contributed by atoms with Crippen molar-refractivity contribution < 1.29 is 4.79 Å². The molecule has 1 fully saturated rings. The van der Waals surface area contributed by atoms with Crippen molar-refractivity contribution in [2.75, 3.05) is 36.4 Å². The third-order valence-corrected chi connectivity index (χ3v) is 9.16. The number of hydrogen-bond donors (Lipinski definition) is 1. The first kappa shape index (κ1) is 24.9. The van der Waals surface area contributed by atoms with Gasteiger partial charge >= 0.3 is 6.03 Å². The fraction of sp³-hybridized carbons (Fsp3) is 0.387. The van der Waals surface area contributed by atoms with Gasteiger partial charge < -0.3 is 15.1 Å². The Kier molecular flexibility index (Phi) is 6.78. The van der Waals surface area contributed by atoms with Crippen molar-refractivity contribution in [2.24, 2.45) is 5.92 Å². The first-order chi connectivity index (χ1) is 18.4. The maximum atomic E-state index is 13.0. The minimum atomic E-state index is -0.0348. The summed E-state index contributed by atoms with van der Waals surface area (Å²) < 4.78 is 0. The van der Waals surface area contributed by atoms with Gasteiger partial charge in [-0.05, 0) is 73.4 Å². The van der Waals surface area contributed by atoms with Crippen LogP contribution in [-0.4, -0.2) is 47.1 Å². The molecule has 7 heteroatoms. The number of nitrogens with zero attached hydrogens (tertiary/aromatic N) is 4. The van der Waals surface area contributed by atoms with Gasteiger partial charge in [-0.15, -0.1) is 11.3 Å². The van der Waals surface area contributed by atoms with Crippen LogP contribution in [0.3, 0.4) is 0 Å². The molecule has 2 aliphatic rings. The summed E-state index contributed by atoms with van der Waals surface area (Å²) in [5.74, 6) is 2.65. The van der Waals surface area contributed by atoms with Gasteiger partial charge in [-0.3, -0.25) is 0 Å². The second-order valence-electron chi connectivity index (χ2n) is 10.9. The second kappa shape index (κ2) is 10.4. The zero-order valence-corrected chi connectivity index (χ0v) is 23.3. The summed E-state index contributed by atoms with van der Waals surface area (Å²) >= 11 is 1.86. The second-order valence-corrected chi connectivity index (χ2v) is 11.9. The van der Waals surface area contributed by atoms with Crippen molar-refractivity contribution in [3.63, 3.8) is 0 Å². The van der Waals surface area contributed by atoms with Gasteiger partial charge in [0.1, 0.15) is 16.5 Å². The Morgan fingerprint density at radius 3 is 2.58 bits per heavy atom. The topological polar surface area (TPSA) is 61.4 Å². The molecule has 3 heterocycles. The van der Waals surface area contributed by atoms with Crippen molar-refractivity contribution >= 4 is 39.1 Å². The summed E-state index contributed by atoms with van der Waals surface area (Å²) in [5, 5.41) is 4.34. The van der Waals surface area contributed by atoms with Gasteiger partial charge in [0, 0.05) is 43.2 Å². The smallest absolute Gasteiger partial charge is 0.321 e. The average molecular weight is 526 g/mol. The normalized spacial score (nSPS) is 17.5. The molecule has 6 nitrogen and oxygen atoms in total. The standard InChI is InChI=1S/C31H35N5OS/c1-20-9-12-25-26(17-20)38-30-28(25)29(33-27(34-30)19-23-7-5-4-6-8-23)35-13-15-36(16-14-35)31(37)32-24-11-10-21(2)22(3)18-24/h4-8,10-11,18,20H,9,12-17,19H2,1-3H3,(H,32,37). The van der Waals surface area contributed by atoms with Crippen molar-refractivity contribution in [3.05, 3.63) is 81.5 Å². The highest BCUT2D eigenvalue weighted by Crippen LogP contribution is 2.41. The lowest BCUT2D eigenvalue weighted by atomic mass is 9.89. The summed E-state index contributed by atoms with van der Waals surface area (Å²) in [5.41, 5.74) is 5.94. The van der Waals surface area contributed by atoms with Crippen LogP contribution in [0.5, 0.6) is 0 Å². The number of nitrogens with one attached hydrogen (secondary N) is 1. The number of hydrogen-bond acceptors (Lipinski definition) is 5. The van der Waals surface area contributed by atoms with Gasteiger partial charge in [0.05, 0.1) is 5.39 Å². The van der Waals surface area contributed by atoms with E-state index in [1.807, 2.05) is 34.4 Å². The predicted octanol–water partition coefficient (Wildman–Crippen LogP) is 6.38. The lowest BCUT2D eigenvalue weighted by Gasteiger charge is -2.36. The van der Waals surface area contributed by atoms with Gasteiger partial charge in [-0.25, -0.2) is 14.8 Å². The van der Waals surface area contributed by atoms with E-state index in [0.717, 1.165) is 60.4 Å². The Bertz CT molecular complexity index is 1470. The molecule has 2 amide bonds. The highest BCUT2D eigenvalue weighted by atomic mass is 32.1. The number of aryl methyl sites for hydroxylation is 3. The van der Waals surface area contributed by atoms with E-state index in [-0.39, 0.29) is 6.03 Å². The number of fused-ring (bicyclic) bond motifs is 3. The maximum absolute atomic E-state index is 13.0. The van der Waals surface area contributed by atoms with Gasteiger partial charge in [0.2, 0.25) is 0 Å². The predicted molar refractivity (Wildman–Crippen MR) is 157 cm³/mol. The van der Waals surface area contributed by atoms with Gasteiger partial charge in [0.25, 0.3) is 0 Å². The summed E-state index contributed by atoms with van der Waals surface area (Å²) in [6.45, 7) is 9.36. The molecule has 1 N–H and O–H groups in total. The largest absolute Gasteiger partial charge is 0.352 e. The number of piperazine rings is 1. The SMILES string of the molecule is Cc1ccc(NC(=O)N2CCN(c3nc(Cc4ccccc4)nc4sc5c(c34)CCC(C)C5)CC2)cc1C. The number of anilines is 2. The minimum absolute atomic E-state index is 0.0348. The monoisotopic (exact) mass is 525 g/mol. The van der Waals surface area contributed by atoms with Crippen LogP contribution in [0, 0.1) is 19.8 Å². The molecule has 2 aromatic carbocycles. The van der Waals surface area contributed by atoms with Gasteiger partial charge in [0.15, 0.2) is 0 Å². The zero-order chi connectivity index (χ0) is 26.2. The molecule has 38 heavy (non-hydrogen) atoms. The van der Waals surface area contributed by atoms with Crippen LogP contribution in [0.4, 0.5) is 16.3 Å². The van der Waals surface area contributed by atoms with E-state index in [9.17, 15) is 4.79 Å². The Labute approximate surface area is 228 Å². The van der Waals surface area contributed by atoms with Gasteiger partial charge in [-0.2, -0.15) is 0 Å². The van der Waals surface area contributed by atoms with Crippen LogP contribution in [0.25, 0.3) is 10.2 Å². The van der Waals surface area contributed by atoms with Crippen molar-refractivity contribution in [2.45, 2.75) is 46.5 Å². The van der Waals surface area contributed by atoms with Gasteiger partial charge in [-0.1, -0.05) is 43.3 Å². The van der Waals surface area contributed by atoms with Crippen LogP contribution in [0.2, 0.25) is 0 Å². The van der Waals surface area contributed by atoms with E-state index < -0.39 is 0 Å². The molecule has 0 bridgehead atoms. The zero-order valence-electron chi connectivity index (χ0n) is 22.5. The number of benzene rings is 2. The molecule has 0 saturated carbocycles. The first-order valence-corrected chi connectivity index (χ1v) is 14.5. The lowest BCUT2D eigenvalue weighted by molar-refractivity contribution is 0.208. The quantitative estimate of drug-likeness (QED) is 0.336. The molecule has 196 valence electrons. The van der Waals surface area contributed by atoms with Crippen LogP contribution in [0.1, 0.15) is 46.3 Å². The van der Waals surface area contributed by atoms with Crippen LogP contribution < -0.4 is 10.2 Å². The van der Waals surface area contributed by atoms with Crippen LogP contribution >= 0.6 is 11.3 Å². The van der Waals surface area contributed by atoms with Crippen molar-refractivity contribution in [3.8, 4) is 0 Å². The van der Waals surface area contributed by atoms with Crippen molar-refractivity contribution in [1.29, 1.82) is 0 Å². The molecule has 2 aromatic heterocycles. The molecule has 1 aliphatic carbocycles. The Hall–Kier alpha value is -3.45. The maximum Gasteiger partial charge on any atom is 0.321 e. The molecule has 1 unspecified atom stereocenters. The summed E-state index contributed by atoms with van der Waals surface area (Å²) in [7, 11) is 0. The Morgan fingerprint density at radius 2 is 1.82 bits per heavy atom. The van der Waals surface area contributed by atoms with E-state index in [4.69, 9.17) is 9.97 Å². The number of carbonyl (C=O) groups excluding carboxylic acids is 1. The first-order valence-electron chi connectivity index (χ1n) is 13.7. The molecular weight excluding hydrogens is 490 g/mol. The molecule has 4 aromatic rings. The highest BCUT2D eigenvalue weighted by Gasteiger charge is 2.28. The number of urea groups is 1. The van der Waals surface area contributed by atoms with E-state index in [2.05, 4.69) is 61.3 Å². The van der Waals surface area contributed by atoms with E-state index in [0.29, 0.717) is 13.1 Å². The summed E-state index contributed by atoms with van der Waals surface area (Å²) in [4.78, 5) is 30.2. The molecule has 6 rings (SSSR count). The minimum Gasteiger partial charge on any atom is -0.352 e. The number of amides is 2. The third-order valence-electron chi connectivity index (χ3n) is 8.01. The van der Waals surface area contributed by atoms with E-state index in [1.54, 1.807) is 0 Å². The Morgan fingerprint density at radius 1 is 1.03 bits per heavy atom. The molecule has 0 spiro atoms. The summed E-state index contributed by atoms with van der Waals surface area (Å²) in [6, 6.07) is 16.5. The molecular formula is C31H35N5OS. The van der Waals surface area contributed by atoms with Crippen LogP contribution in [0.15, 0.2) is 48.5 Å². The molecule has 1 saturated heterocycles. The summed E-state index contributed by atoms with van der Waals surface area (Å²) in [6.07, 6.45) is 4.18. The number of rotatable bonds is 4. The number of aromatic nitrogens is 2. The Balaban J connectivity index is 1.25. The van der Waals surface area contributed by atoms with Crippen molar-refractivity contribution in [1.82, 2.24) is 14.9 Å². The number of carbonyl (C=O) groups is 1. The molecule has 1 aliphatic heterocycles. The van der Waals surface area contributed by atoms with E-state index in [1.165, 1.54) is 38.9 Å². The highest BCUT2D eigenvalue weighted by molar-refractivity contribution is 7.19. The van der Waals surface area contributed by atoms with Crippen LogP contribution in [-0.2, 0) is 19.3 Å². The van der Waals surface area contributed by atoms with E-state index >= 15 is 0 Å².